The van der Waals surface area contributed by atoms with Crippen molar-refractivity contribution in [3.05, 3.63) is 0 Å². The molecule has 2 atom stereocenters. The van der Waals surface area contributed by atoms with Gasteiger partial charge in [0.05, 0.1) is 18.8 Å². The molecule has 0 amide bonds. The van der Waals surface area contributed by atoms with E-state index in [1.165, 1.54) is 6.42 Å². The van der Waals surface area contributed by atoms with Crippen LogP contribution in [-0.2, 0) is 7.80 Å². The minimum absolute atomic E-state index is 0.217. The largest absolute Gasteiger partial charge is 0.376 e. The number of hydrogen-bond acceptors (Lipinski definition) is 2. The fourth-order valence-electron chi connectivity index (χ4n) is 1.27. The summed E-state index contributed by atoms with van der Waals surface area (Å²) in [5, 5.41) is 0. The SMILES string of the molecule is CCC(C)OCC(CC(C)(C)CC)OI. The van der Waals surface area contributed by atoms with Crippen LogP contribution in [0.25, 0.3) is 0 Å². The molecule has 2 nitrogen and oxygen atoms in total. The van der Waals surface area contributed by atoms with Crippen LogP contribution in [0.5, 0.6) is 0 Å². The quantitative estimate of drug-likeness (QED) is 0.616. The highest BCUT2D eigenvalue weighted by Crippen LogP contribution is 2.28. The molecular weight excluding hydrogens is 303 g/mol. The number of halogens is 1. The minimum Gasteiger partial charge on any atom is -0.376 e. The molecule has 0 aliphatic carbocycles. The highest BCUT2D eigenvalue weighted by atomic mass is 127. The Labute approximate surface area is 109 Å². The van der Waals surface area contributed by atoms with Gasteiger partial charge in [-0.25, -0.2) is 0 Å². The summed E-state index contributed by atoms with van der Waals surface area (Å²) in [5.41, 5.74) is 0.342. The molecule has 0 N–H and O–H groups in total. The van der Waals surface area contributed by atoms with Crippen molar-refractivity contribution in [2.24, 2.45) is 5.41 Å². The molecule has 0 aromatic carbocycles. The van der Waals surface area contributed by atoms with Crippen LogP contribution in [0.15, 0.2) is 0 Å². The fraction of sp³-hybridized carbons (Fsp3) is 1.00. The third-order valence-corrected chi connectivity index (χ3v) is 3.72. The van der Waals surface area contributed by atoms with Crippen molar-refractivity contribution in [2.75, 3.05) is 6.61 Å². The molecule has 0 heterocycles. The zero-order valence-electron chi connectivity index (χ0n) is 10.7. The van der Waals surface area contributed by atoms with Gasteiger partial charge in [0, 0.05) is 0 Å². The van der Waals surface area contributed by atoms with Gasteiger partial charge in [-0.15, -0.1) is 0 Å². The van der Waals surface area contributed by atoms with Crippen LogP contribution in [-0.4, -0.2) is 18.8 Å². The molecule has 0 saturated heterocycles. The van der Waals surface area contributed by atoms with Gasteiger partial charge in [-0.05, 0) is 25.2 Å². The topological polar surface area (TPSA) is 18.5 Å². The average molecular weight is 328 g/mol. The van der Waals surface area contributed by atoms with Crippen molar-refractivity contribution in [3.63, 3.8) is 0 Å². The maximum absolute atomic E-state index is 5.70. The van der Waals surface area contributed by atoms with Crippen molar-refractivity contribution in [3.8, 4) is 0 Å². The van der Waals surface area contributed by atoms with Crippen molar-refractivity contribution >= 4 is 23.0 Å². The van der Waals surface area contributed by atoms with E-state index in [0.717, 1.165) is 12.8 Å². The molecule has 0 aromatic rings. The number of ether oxygens (including phenoxy) is 1. The predicted molar refractivity (Wildman–Crippen MR) is 73.3 cm³/mol. The fourth-order valence-corrected chi connectivity index (χ4v) is 1.59. The zero-order chi connectivity index (χ0) is 11.9. The molecule has 0 bridgehead atoms. The van der Waals surface area contributed by atoms with E-state index in [4.69, 9.17) is 7.80 Å². The van der Waals surface area contributed by atoms with Crippen LogP contribution in [0, 0.1) is 5.41 Å². The van der Waals surface area contributed by atoms with Crippen molar-refractivity contribution < 1.29 is 7.80 Å². The highest BCUT2D eigenvalue weighted by Gasteiger charge is 2.22. The molecule has 0 rings (SSSR count). The lowest BCUT2D eigenvalue weighted by Gasteiger charge is -2.27. The molecule has 0 aliphatic heterocycles. The van der Waals surface area contributed by atoms with Gasteiger partial charge in [-0.1, -0.05) is 34.1 Å². The van der Waals surface area contributed by atoms with Gasteiger partial charge >= 0.3 is 0 Å². The van der Waals surface area contributed by atoms with E-state index >= 15 is 0 Å². The van der Waals surface area contributed by atoms with E-state index in [2.05, 4.69) is 34.6 Å². The van der Waals surface area contributed by atoms with Crippen LogP contribution in [0.1, 0.15) is 53.9 Å². The van der Waals surface area contributed by atoms with Gasteiger partial charge in [0.1, 0.15) is 23.0 Å². The van der Waals surface area contributed by atoms with Crippen LogP contribution in [0.3, 0.4) is 0 Å². The van der Waals surface area contributed by atoms with E-state index < -0.39 is 0 Å². The van der Waals surface area contributed by atoms with Gasteiger partial charge < -0.3 is 7.80 Å². The van der Waals surface area contributed by atoms with Crippen molar-refractivity contribution in [1.29, 1.82) is 0 Å². The van der Waals surface area contributed by atoms with Gasteiger partial charge in [-0.3, -0.25) is 0 Å². The first-order chi connectivity index (χ1) is 6.95. The van der Waals surface area contributed by atoms with E-state index in [0.29, 0.717) is 18.1 Å². The van der Waals surface area contributed by atoms with Gasteiger partial charge in [0.25, 0.3) is 0 Å². The number of hydrogen-bond donors (Lipinski definition) is 0. The molecule has 15 heavy (non-hydrogen) atoms. The Hall–Kier alpha value is 0.650. The third kappa shape index (κ3) is 7.53. The summed E-state index contributed by atoms with van der Waals surface area (Å²) in [6.45, 7) is 11.7. The average Bonchev–Trinajstić information content (AvgIpc) is 2.23. The molecule has 2 unspecified atom stereocenters. The summed E-state index contributed by atoms with van der Waals surface area (Å²) in [7, 11) is 0. The Morgan fingerprint density at radius 2 is 1.87 bits per heavy atom. The van der Waals surface area contributed by atoms with E-state index in [1.807, 2.05) is 23.0 Å². The van der Waals surface area contributed by atoms with Crippen LogP contribution < -0.4 is 0 Å². The van der Waals surface area contributed by atoms with Crippen LogP contribution >= 0.6 is 23.0 Å². The first-order valence-corrected chi connectivity index (χ1v) is 6.72. The lowest BCUT2D eigenvalue weighted by atomic mass is 9.84. The molecule has 0 fully saturated rings. The first kappa shape index (κ1) is 15.7. The summed E-state index contributed by atoms with van der Waals surface area (Å²) >= 11 is 1.98. The summed E-state index contributed by atoms with van der Waals surface area (Å²) in [6.07, 6.45) is 3.85. The monoisotopic (exact) mass is 328 g/mol. The summed E-state index contributed by atoms with van der Waals surface area (Å²) < 4.78 is 11.1. The maximum atomic E-state index is 5.70. The smallest absolute Gasteiger partial charge is 0.110 e. The lowest BCUT2D eigenvalue weighted by molar-refractivity contribution is 0.00596. The van der Waals surface area contributed by atoms with Gasteiger partial charge in [-0.2, -0.15) is 0 Å². The second-order valence-electron chi connectivity index (χ2n) is 4.99. The Morgan fingerprint density at radius 1 is 1.27 bits per heavy atom. The third-order valence-electron chi connectivity index (χ3n) is 3.00. The Kier molecular flexibility index (Phi) is 8.19. The predicted octanol–water partition coefficient (Wildman–Crippen LogP) is 4.36. The molecule has 92 valence electrons. The molecule has 3 heteroatoms. The summed E-state index contributed by atoms with van der Waals surface area (Å²) in [4.78, 5) is 0. The van der Waals surface area contributed by atoms with Gasteiger partial charge in [0.15, 0.2) is 0 Å². The Morgan fingerprint density at radius 3 is 2.27 bits per heavy atom. The van der Waals surface area contributed by atoms with Crippen LogP contribution in [0.2, 0.25) is 0 Å². The molecule has 0 aromatic heterocycles. The van der Waals surface area contributed by atoms with Gasteiger partial charge in [0.2, 0.25) is 0 Å². The van der Waals surface area contributed by atoms with E-state index in [9.17, 15) is 0 Å². The second-order valence-corrected chi connectivity index (χ2v) is 5.49. The molecule has 0 spiro atoms. The maximum Gasteiger partial charge on any atom is 0.110 e. The molecular formula is C12H25IO2. The van der Waals surface area contributed by atoms with Crippen molar-refractivity contribution in [1.82, 2.24) is 0 Å². The zero-order valence-corrected chi connectivity index (χ0v) is 12.8. The van der Waals surface area contributed by atoms with E-state index in [1.54, 1.807) is 0 Å². The van der Waals surface area contributed by atoms with Crippen LogP contribution in [0.4, 0.5) is 0 Å². The normalized spacial score (nSPS) is 16.4. The number of rotatable bonds is 8. The van der Waals surface area contributed by atoms with Crippen molar-refractivity contribution in [2.45, 2.75) is 66.1 Å². The van der Waals surface area contributed by atoms with E-state index in [-0.39, 0.29) is 6.10 Å². The Balaban J connectivity index is 3.93. The molecule has 0 aliphatic rings. The lowest BCUT2D eigenvalue weighted by Crippen LogP contribution is -2.26. The minimum atomic E-state index is 0.217. The summed E-state index contributed by atoms with van der Waals surface area (Å²) in [6, 6.07) is 0. The highest BCUT2D eigenvalue weighted by molar-refractivity contribution is 14.1. The molecule has 0 radical (unpaired) electrons. The standard InChI is InChI=1S/C12H25IO2/c1-6-10(3)14-9-11(15-13)8-12(4,5)7-2/h10-11H,6-9H2,1-5H3. The summed E-state index contributed by atoms with van der Waals surface area (Å²) in [5.74, 6) is 0. The first-order valence-electron chi connectivity index (χ1n) is 5.84. The molecule has 0 saturated carbocycles. The Bertz CT molecular complexity index is 160. The second kappa shape index (κ2) is 7.85.